The smallest absolute Gasteiger partial charge is 0.339 e. The highest BCUT2D eigenvalue weighted by molar-refractivity contribution is 7.98. The Morgan fingerprint density at radius 3 is 2.68 bits per heavy atom. The SMILES string of the molecule is COC(=O)[C@@H]1CSCc2c(O)cc(O)c(C)c2C(=O)O[C@H](C)C(=O)N1. The van der Waals surface area contributed by atoms with E-state index in [0.717, 1.165) is 6.07 Å². The van der Waals surface area contributed by atoms with Crippen LogP contribution in [-0.4, -0.2) is 53.1 Å². The van der Waals surface area contributed by atoms with Crippen LogP contribution in [0, 0.1) is 6.92 Å². The van der Waals surface area contributed by atoms with Gasteiger partial charge in [0.05, 0.1) is 12.7 Å². The lowest BCUT2D eigenvalue weighted by Gasteiger charge is -2.18. The molecule has 1 aromatic rings. The lowest BCUT2D eigenvalue weighted by molar-refractivity contribution is -0.145. The van der Waals surface area contributed by atoms with Gasteiger partial charge in [0.2, 0.25) is 0 Å². The van der Waals surface area contributed by atoms with E-state index in [4.69, 9.17) is 4.74 Å². The van der Waals surface area contributed by atoms with Crippen molar-refractivity contribution in [3.8, 4) is 11.5 Å². The number of esters is 2. The summed E-state index contributed by atoms with van der Waals surface area (Å²) in [5.41, 5.74) is 0.534. The van der Waals surface area contributed by atoms with E-state index < -0.39 is 30.0 Å². The molecule has 2 rings (SSSR count). The second kappa shape index (κ2) is 7.64. The quantitative estimate of drug-likeness (QED) is 0.623. The zero-order chi connectivity index (χ0) is 18.7. The summed E-state index contributed by atoms with van der Waals surface area (Å²) in [6.07, 6.45) is -1.17. The molecular weight excluding hydrogens is 350 g/mol. The van der Waals surface area contributed by atoms with Gasteiger partial charge in [-0.2, -0.15) is 11.8 Å². The van der Waals surface area contributed by atoms with Crippen LogP contribution < -0.4 is 5.32 Å². The normalized spacial score (nSPS) is 21.4. The van der Waals surface area contributed by atoms with Gasteiger partial charge in [0.1, 0.15) is 17.5 Å². The van der Waals surface area contributed by atoms with E-state index in [-0.39, 0.29) is 39.7 Å². The Hall–Kier alpha value is -2.42. The van der Waals surface area contributed by atoms with Crippen LogP contribution in [0.3, 0.4) is 0 Å². The molecule has 0 aliphatic carbocycles. The van der Waals surface area contributed by atoms with E-state index >= 15 is 0 Å². The average Bonchev–Trinajstić information content (AvgIpc) is 2.58. The lowest BCUT2D eigenvalue weighted by atomic mass is 10.0. The van der Waals surface area contributed by atoms with E-state index in [2.05, 4.69) is 10.1 Å². The maximum Gasteiger partial charge on any atom is 0.339 e. The van der Waals surface area contributed by atoms with Crippen molar-refractivity contribution in [2.75, 3.05) is 12.9 Å². The maximum atomic E-state index is 12.5. The van der Waals surface area contributed by atoms with Crippen molar-refractivity contribution in [2.45, 2.75) is 31.7 Å². The molecule has 1 heterocycles. The van der Waals surface area contributed by atoms with Gasteiger partial charge < -0.3 is 25.0 Å². The highest BCUT2D eigenvalue weighted by atomic mass is 32.2. The molecule has 0 aromatic heterocycles. The molecule has 1 aliphatic rings. The van der Waals surface area contributed by atoms with Crippen molar-refractivity contribution < 1.29 is 34.1 Å². The average molecular weight is 369 g/mol. The zero-order valence-corrected chi connectivity index (χ0v) is 14.8. The molecule has 1 aromatic carbocycles. The molecule has 3 N–H and O–H groups in total. The van der Waals surface area contributed by atoms with Crippen LogP contribution in [-0.2, 0) is 24.8 Å². The Balaban J connectivity index is 2.46. The van der Waals surface area contributed by atoms with Crippen LogP contribution in [0.1, 0.15) is 28.4 Å². The van der Waals surface area contributed by atoms with Gasteiger partial charge in [0.25, 0.3) is 5.91 Å². The lowest BCUT2D eigenvalue weighted by Crippen LogP contribution is -2.47. The van der Waals surface area contributed by atoms with E-state index in [1.807, 2.05) is 0 Å². The predicted molar refractivity (Wildman–Crippen MR) is 89.5 cm³/mol. The molecule has 1 aliphatic heterocycles. The van der Waals surface area contributed by atoms with Crippen LogP contribution in [0.2, 0.25) is 0 Å². The van der Waals surface area contributed by atoms with E-state index in [1.165, 1.54) is 32.7 Å². The number of aromatic hydroxyl groups is 2. The monoisotopic (exact) mass is 369 g/mol. The third-order valence-electron chi connectivity index (χ3n) is 3.83. The minimum Gasteiger partial charge on any atom is -0.508 e. The van der Waals surface area contributed by atoms with Gasteiger partial charge in [0, 0.05) is 28.7 Å². The molecule has 0 spiro atoms. The molecule has 0 saturated heterocycles. The number of cyclic esters (lactones) is 1. The van der Waals surface area contributed by atoms with Gasteiger partial charge >= 0.3 is 11.9 Å². The molecular formula is C16H19NO7S. The van der Waals surface area contributed by atoms with Gasteiger partial charge in [-0.1, -0.05) is 0 Å². The van der Waals surface area contributed by atoms with Crippen LogP contribution in [0.5, 0.6) is 11.5 Å². The molecule has 0 fully saturated rings. The van der Waals surface area contributed by atoms with Gasteiger partial charge in [0.15, 0.2) is 6.10 Å². The van der Waals surface area contributed by atoms with Gasteiger partial charge in [-0.15, -0.1) is 0 Å². The minimum atomic E-state index is -1.17. The van der Waals surface area contributed by atoms with Crippen molar-refractivity contribution in [3.63, 3.8) is 0 Å². The van der Waals surface area contributed by atoms with Crippen LogP contribution >= 0.6 is 11.8 Å². The van der Waals surface area contributed by atoms with Crippen molar-refractivity contribution >= 4 is 29.6 Å². The number of hydrogen-bond acceptors (Lipinski definition) is 8. The Morgan fingerprint density at radius 1 is 1.36 bits per heavy atom. The molecule has 0 saturated carbocycles. The second-order valence-corrected chi connectivity index (χ2v) is 6.57. The molecule has 8 nitrogen and oxygen atoms in total. The van der Waals surface area contributed by atoms with Crippen molar-refractivity contribution in [2.24, 2.45) is 0 Å². The number of amides is 1. The summed E-state index contributed by atoms with van der Waals surface area (Å²) in [6.45, 7) is 2.88. The van der Waals surface area contributed by atoms with E-state index in [1.54, 1.807) is 0 Å². The van der Waals surface area contributed by atoms with Gasteiger partial charge in [-0.3, -0.25) is 4.79 Å². The molecule has 0 radical (unpaired) electrons. The van der Waals surface area contributed by atoms with Crippen LogP contribution in [0.15, 0.2) is 6.07 Å². The summed E-state index contributed by atoms with van der Waals surface area (Å²) >= 11 is 1.22. The molecule has 25 heavy (non-hydrogen) atoms. The Kier molecular flexibility index (Phi) is 5.78. The summed E-state index contributed by atoms with van der Waals surface area (Å²) in [5.74, 6) is -2.26. The number of phenolic OH excluding ortho intramolecular Hbond substituents is 2. The van der Waals surface area contributed by atoms with Crippen molar-refractivity contribution in [3.05, 3.63) is 22.8 Å². The van der Waals surface area contributed by atoms with Crippen LogP contribution in [0.4, 0.5) is 0 Å². The minimum absolute atomic E-state index is 0.0150. The van der Waals surface area contributed by atoms with Crippen molar-refractivity contribution in [1.82, 2.24) is 5.32 Å². The standard InChI is InChI=1S/C16H19NO7S/c1-7-11(18)4-12(19)9-5-25-6-10(15(21)23-3)17-14(20)8(2)24-16(22)13(7)9/h4,8,10,18-19H,5-6H2,1-3H3,(H,17,20)/t8-,10+/m1/s1. The second-order valence-electron chi connectivity index (χ2n) is 5.54. The van der Waals surface area contributed by atoms with Gasteiger partial charge in [-0.05, 0) is 13.8 Å². The Bertz CT molecular complexity index is 719. The number of phenols is 2. The third kappa shape index (κ3) is 3.98. The van der Waals surface area contributed by atoms with Crippen LogP contribution in [0.25, 0.3) is 0 Å². The molecule has 136 valence electrons. The number of carbonyl (C=O) groups is 3. The summed E-state index contributed by atoms with van der Waals surface area (Å²) in [4.78, 5) is 36.4. The highest BCUT2D eigenvalue weighted by Crippen LogP contribution is 2.35. The number of hydrogen-bond donors (Lipinski definition) is 3. The first-order chi connectivity index (χ1) is 11.8. The summed E-state index contributed by atoms with van der Waals surface area (Å²) in [5, 5.41) is 22.5. The molecule has 0 bridgehead atoms. The number of carbonyl (C=O) groups excluding carboxylic acids is 3. The molecule has 0 unspecified atom stereocenters. The number of methoxy groups -OCH3 is 1. The van der Waals surface area contributed by atoms with Crippen molar-refractivity contribution in [1.29, 1.82) is 0 Å². The van der Waals surface area contributed by atoms with E-state index in [0.29, 0.717) is 0 Å². The Labute approximate surface area is 148 Å². The highest BCUT2D eigenvalue weighted by Gasteiger charge is 2.30. The predicted octanol–water partition coefficient (Wildman–Crippen LogP) is 0.856. The maximum absolute atomic E-state index is 12.5. The topological polar surface area (TPSA) is 122 Å². The first-order valence-electron chi connectivity index (χ1n) is 7.47. The number of fused-ring (bicyclic) bond motifs is 1. The third-order valence-corrected chi connectivity index (χ3v) is 4.90. The molecule has 1 amide bonds. The summed E-state index contributed by atoms with van der Waals surface area (Å²) in [7, 11) is 1.21. The van der Waals surface area contributed by atoms with E-state index in [9.17, 15) is 24.6 Å². The number of rotatable bonds is 1. The van der Waals surface area contributed by atoms with Gasteiger partial charge in [-0.25, -0.2) is 9.59 Å². The number of ether oxygens (including phenoxy) is 2. The summed E-state index contributed by atoms with van der Waals surface area (Å²) in [6, 6.07) is 0.234. The fourth-order valence-corrected chi connectivity index (χ4v) is 3.45. The first kappa shape index (κ1) is 18.9. The number of thioether (sulfide) groups is 1. The molecule has 9 heteroatoms. The molecule has 2 atom stereocenters. The first-order valence-corrected chi connectivity index (χ1v) is 8.63. The largest absolute Gasteiger partial charge is 0.508 e. The Morgan fingerprint density at radius 2 is 2.04 bits per heavy atom. The number of nitrogens with one attached hydrogen (secondary N) is 1. The fraction of sp³-hybridized carbons (Fsp3) is 0.438. The summed E-state index contributed by atoms with van der Waals surface area (Å²) < 4.78 is 9.80. The fourth-order valence-electron chi connectivity index (χ4n) is 2.38. The zero-order valence-electron chi connectivity index (χ0n) is 14.0. The number of benzene rings is 1.